The second-order valence-electron chi connectivity index (χ2n) is 4.54. The van der Waals surface area contributed by atoms with Crippen molar-refractivity contribution in [3.05, 3.63) is 24.0 Å². The van der Waals surface area contributed by atoms with E-state index in [1.54, 1.807) is 0 Å². The molecule has 2 nitrogen and oxygen atoms in total. The molecule has 0 spiro atoms. The summed E-state index contributed by atoms with van der Waals surface area (Å²) in [5.41, 5.74) is -0.853. The zero-order chi connectivity index (χ0) is 13.9. The van der Waals surface area contributed by atoms with Crippen LogP contribution in [0.3, 0.4) is 0 Å². The maximum absolute atomic E-state index is 13.3. The number of ether oxygens (including phenoxy) is 2. The molecule has 1 aliphatic heterocycles. The maximum atomic E-state index is 13.3. The molecule has 1 aromatic rings. The first-order valence-electron chi connectivity index (χ1n) is 6.20. The van der Waals surface area contributed by atoms with Gasteiger partial charge in [-0.05, 0) is 25.0 Å². The monoisotopic (exact) mass is 277 g/mol. The van der Waals surface area contributed by atoms with Crippen LogP contribution in [0.25, 0.3) is 0 Å². The molecule has 7 heteroatoms. The van der Waals surface area contributed by atoms with E-state index in [9.17, 15) is 17.3 Å². The van der Waals surface area contributed by atoms with Crippen molar-refractivity contribution in [3.8, 4) is 5.75 Å². The lowest BCUT2D eigenvalue weighted by molar-refractivity contribution is 0.0897. The molecule has 0 saturated carbocycles. The number of hydrogen-bond donors (Lipinski definition) is 0. The molecule has 19 heavy (non-hydrogen) atoms. The fourth-order valence-corrected chi connectivity index (χ4v) is 2.01. The van der Waals surface area contributed by atoms with Gasteiger partial charge in [-0.3, -0.25) is 0 Å². The molecule has 0 aliphatic carbocycles. The van der Waals surface area contributed by atoms with E-state index < -0.39 is 18.3 Å². The van der Waals surface area contributed by atoms with Gasteiger partial charge in [-0.1, -0.05) is 6.07 Å². The highest BCUT2D eigenvalue weighted by molar-refractivity contribution is 6.73. The molecule has 1 saturated heterocycles. The van der Waals surface area contributed by atoms with E-state index in [-0.39, 0.29) is 18.5 Å². The largest absolute Gasteiger partial charge is 0.509 e. The highest BCUT2D eigenvalue weighted by Gasteiger charge is 2.26. The van der Waals surface area contributed by atoms with Gasteiger partial charge in [0.1, 0.15) is 0 Å². The van der Waals surface area contributed by atoms with Gasteiger partial charge in [-0.25, -0.2) is 4.39 Å². The summed E-state index contributed by atoms with van der Waals surface area (Å²) >= 11 is 0. The van der Waals surface area contributed by atoms with Crippen LogP contribution in [0.5, 0.6) is 5.75 Å². The second-order valence-corrected chi connectivity index (χ2v) is 4.54. The summed E-state index contributed by atoms with van der Waals surface area (Å²) in [6, 6.07) is 2.22. The van der Waals surface area contributed by atoms with Crippen molar-refractivity contribution in [1.29, 1.82) is 0 Å². The molecule has 1 unspecified atom stereocenters. The fraction of sp³-hybridized carbons (Fsp3) is 0.500. The Bertz CT molecular complexity index is 430. The SMILES string of the molecule is Fc1ccc([B-](F)(F)F)cc1OCCC1CCCO1. The molecule has 1 atom stereocenters. The summed E-state index contributed by atoms with van der Waals surface area (Å²) < 4.78 is 61.4. The van der Waals surface area contributed by atoms with Gasteiger partial charge in [0, 0.05) is 13.0 Å². The van der Waals surface area contributed by atoms with Crippen LogP contribution in [0.1, 0.15) is 19.3 Å². The third-order valence-electron chi connectivity index (χ3n) is 3.05. The van der Waals surface area contributed by atoms with Crippen molar-refractivity contribution in [3.63, 3.8) is 0 Å². The molecule has 2 rings (SSSR count). The van der Waals surface area contributed by atoms with Gasteiger partial charge in [0.2, 0.25) is 0 Å². The van der Waals surface area contributed by atoms with E-state index in [1.165, 1.54) is 0 Å². The first kappa shape index (κ1) is 14.2. The quantitative estimate of drug-likeness (QED) is 0.608. The van der Waals surface area contributed by atoms with Crippen LogP contribution in [0.2, 0.25) is 0 Å². The van der Waals surface area contributed by atoms with Gasteiger partial charge < -0.3 is 22.4 Å². The van der Waals surface area contributed by atoms with E-state index in [0.717, 1.165) is 25.0 Å². The van der Waals surface area contributed by atoms with Gasteiger partial charge >= 0.3 is 6.98 Å². The Labute approximate surface area is 108 Å². The minimum Gasteiger partial charge on any atom is -0.491 e. The maximum Gasteiger partial charge on any atom is 0.509 e. The third kappa shape index (κ3) is 3.86. The summed E-state index contributed by atoms with van der Waals surface area (Å²) in [7, 11) is 0. The Balaban J connectivity index is 1.94. The Morgan fingerprint density at radius 1 is 1.32 bits per heavy atom. The summed E-state index contributed by atoms with van der Waals surface area (Å²) in [4.78, 5) is 0. The average Bonchev–Trinajstić information content (AvgIpc) is 2.83. The predicted molar refractivity (Wildman–Crippen MR) is 64.2 cm³/mol. The second kappa shape index (κ2) is 5.82. The molecular formula is C12H14BF4O2-. The van der Waals surface area contributed by atoms with Gasteiger partial charge in [0.25, 0.3) is 0 Å². The zero-order valence-corrected chi connectivity index (χ0v) is 10.3. The van der Waals surface area contributed by atoms with Crippen LogP contribution >= 0.6 is 0 Å². The summed E-state index contributed by atoms with van der Waals surface area (Å²) in [6.07, 6.45) is 2.52. The Morgan fingerprint density at radius 3 is 2.74 bits per heavy atom. The summed E-state index contributed by atoms with van der Waals surface area (Å²) in [5, 5.41) is 0. The molecular weight excluding hydrogens is 263 g/mol. The molecule has 0 N–H and O–H groups in total. The Kier molecular flexibility index (Phi) is 4.34. The lowest BCUT2D eigenvalue weighted by atomic mass is 9.80. The summed E-state index contributed by atoms with van der Waals surface area (Å²) in [5.74, 6) is -1.13. The van der Waals surface area contributed by atoms with Gasteiger partial charge in [0.15, 0.2) is 11.6 Å². The van der Waals surface area contributed by atoms with Crippen LogP contribution in [0.4, 0.5) is 17.3 Å². The Hall–Kier alpha value is -1.24. The average molecular weight is 277 g/mol. The molecule has 1 aliphatic rings. The van der Waals surface area contributed by atoms with Crippen molar-refractivity contribution in [1.82, 2.24) is 0 Å². The van der Waals surface area contributed by atoms with Crippen molar-refractivity contribution < 1.29 is 26.8 Å². The van der Waals surface area contributed by atoms with Crippen LogP contribution in [0.15, 0.2) is 18.2 Å². The first-order valence-corrected chi connectivity index (χ1v) is 6.20. The predicted octanol–water partition coefficient (Wildman–Crippen LogP) is 2.83. The van der Waals surface area contributed by atoms with Crippen molar-refractivity contribution >= 4 is 12.4 Å². The van der Waals surface area contributed by atoms with Gasteiger partial charge in [-0.2, -0.15) is 0 Å². The lowest BCUT2D eigenvalue weighted by Crippen LogP contribution is -2.34. The molecule has 1 aromatic carbocycles. The first-order chi connectivity index (χ1) is 8.97. The number of hydrogen-bond acceptors (Lipinski definition) is 2. The van der Waals surface area contributed by atoms with E-state index in [0.29, 0.717) is 19.1 Å². The number of halogens is 4. The molecule has 1 heterocycles. The summed E-state index contributed by atoms with van der Waals surface area (Å²) in [6.45, 7) is -4.29. The number of benzene rings is 1. The van der Waals surface area contributed by atoms with E-state index >= 15 is 0 Å². The zero-order valence-electron chi connectivity index (χ0n) is 10.3. The van der Waals surface area contributed by atoms with Crippen LogP contribution < -0.4 is 10.2 Å². The van der Waals surface area contributed by atoms with Crippen molar-refractivity contribution in [2.24, 2.45) is 0 Å². The Morgan fingerprint density at radius 2 is 2.11 bits per heavy atom. The minimum atomic E-state index is -5.14. The lowest BCUT2D eigenvalue weighted by Gasteiger charge is -2.17. The van der Waals surface area contributed by atoms with Gasteiger partial charge in [-0.15, -0.1) is 5.46 Å². The topological polar surface area (TPSA) is 18.5 Å². The van der Waals surface area contributed by atoms with E-state index in [2.05, 4.69) is 0 Å². The normalized spacial score (nSPS) is 19.7. The molecule has 0 radical (unpaired) electrons. The van der Waals surface area contributed by atoms with Crippen LogP contribution in [-0.2, 0) is 4.74 Å². The third-order valence-corrected chi connectivity index (χ3v) is 3.05. The standard InChI is InChI=1S/C12H14BF4O2/c14-11-4-3-9(13(15,16)17)8-12(11)19-7-5-10-2-1-6-18-10/h3-4,8,10H,1-2,5-7H2/q-1. The highest BCUT2D eigenvalue weighted by Crippen LogP contribution is 2.20. The van der Waals surface area contributed by atoms with E-state index in [1.807, 2.05) is 0 Å². The molecule has 1 fully saturated rings. The van der Waals surface area contributed by atoms with E-state index in [4.69, 9.17) is 9.47 Å². The molecule has 0 aromatic heterocycles. The van der Waals surface area contributed by atoms with Gasteiger partial charge in [0.05, 0.1) is 12.7 Å². The minimum absolute atomic E-state index is 0.0677. The smallest absolute Gasteiger partial charge is 0.491 e. The fourth-order valence-electron chi connectivity index (χ4n) is 2.01. The van der Waals surface area contributed by atoms with Crippen molar-refractivity contribution in [2.45, 2.75) is 25.4 Å². The van der Waals surface area contributed by atoms with Crippen molar-refractivity contribution in [2.75, 3.05) is 13.2 Å². The van der Waals surface area contributed by atoms with Crippen LogP contribution in [0, 0.1) is 5.82 Å². The molecule has 106 valence electrons. The number of rotatable bonds is 5. The molecule has 0 amide bonds. The molecule has 0 bridgehead atoms. The van der Waals surface area contributed by atoms with Crippen LogP contribution in [-0.4, -0.2) is 26.3 Å². The highest BCUT2D eigenvalue weighted by atomic mass is 19.4.